The van der Waals surface area contributed by atoms with Gasteiger partial charge in [-0.25, -0.2) is 14.6 Å². The standard InChI is InChI=1S/C21H22N6O2/c1-4-29-19(28)12-27-18-11-14(9-10-17(18)25-26-27)22-21-20(13(2)3)23-15-7-5-6-8-16(15)24-21/h5-11,13H,4,12H2,1-3H3,(H,22,24). The normalized spacial score (nSPS) is 11.3. The van der Waals surface area contributed by atoms with Crippen LogP contribution >= 0.6 is 0 Å². The summed E-state index contributed by atoms with van der Waals surface area (Å²) >= 11 is 0. The van der Waals surface area contributed by atoms with Crippen molar-refractivity contribution in [1.82, 2.24) is 25.0 Å². The molecule has 0 bridgehead atoms. The summed E-state index contributed by atoms with van der Waals surface area (Å²) in [6.07, 6.45) is 0. The van der Waals surface area contributed by atoms with E-state index < -0.39 is 0 Å². The Morgan fingerprint density at radius 3 is 2.59 bits per heavy atom. The Balaban J connectivity index is 1.70. The van der Waals surface area contributed by atoms with Gasteiger partial charge >= 0.3 is 5.97 Å². The van der Waals surface area contributed by atoms with E-state index in [4.69, 9.17) is 14.7 Å². The van der Waals surface area contributed by atoms with Crippen LogP contribution in [0.25, 0.3) is 22.1 Å². The number of aromatic nitrogens is 5. The summed E-state index contributed by atoms with van der Waals surface area (Å²) in [6.45, 7) is 6.30. The molecule has 4 rings (SSSR count). The lowest BCUT2D eigenvalue weighted by atomic mass is 10.1. The van der Waals surface area contributed by atoms with E-state index in [1.54, 1.807) is 6.92 Å². The summed E-state index contributed by atoms with van der Waals surface area (Å²) in [5, 5.41) is 11.6. The molecule has 2 aromatic heterocycles. The van der Waals surface area contributed by atoms with Crippen molar-refractivity contribution in [2.24, 2.45) is 0 Å². The maximum absolute atomic E-state index is 11.8. The van der Waals surface area contributed by atoms with Gasteiger partial charge in [-0.15, -0.1) is 5.10 Å². The lowest BCUT2D eigenvalue weighted by Gasteiger charge is -2.14. The highest BCUT2D eigenvalue weighted by Gasteiger charge is 2.14. The molecule has 148 valence electrons. The van der Waals surface area contributed by atoms with Crippen molar-refractivity contribution >= 4 is 39.5 Å². The largest absolute Gasteiger partial charge is 0.465 e. The summed E-state index contributed by atoms with van der Waals surface area (Å²) in [5.41, 5.74) is 4.85. The minimum Gasteiger partial charge on any atom is -0.465 e. The Morgan fingerprint density at radius 2 is 1.86 bits per heavy atom. The maximum Gasteiger partial charge on any atom is 0.327 e. The number of anilines is 2. The molecule has 29 heavy (non-hydrogen) atoms. The van der Waals surface area contributed by atoms with Crippen molar-refractivity contribution in [2.45, 2.75) is 33.2 Å². The fraction of sp³-hybridized carbons (Fsp3) is 0.286. The minimum absolute atomic E-state index is 0.0147. The zero-order valence-electron chi connectivity index (χ0n) is 16.6. The highest BCUT2D eigenvalue weighted by Crippen LogP contribution is 2.27. The third-order valence-corrected chi connectivity index (χ3v) is 4.51. The first kappa shape index (κ1) is 18.8. The van der Waals surface area contributed by atoms with Crippen molar-refractivity contribution < 1.29 is 9.53 Å². The smallest absolute Gasteiger partial charge is 0.327 e. The Labute approximate surface area is 167 Å². The number of hydrogen-bond acceptors (Lipinski definition) is 7. The van der Waals surface area contributed by atoms with Crippen LogP contribution in [0.5, 0.6) is 0 Å². The highest BCUT2D eigenvalue weighted by molar-refractivity contribution is 5.83. The molecule has 0 radical (unpaired) electrons. The molecular formula is C21H22N6O2. The molecule has 8 heteroatoms. The van der Waals surface area contributed by atoms with E-state index in [9.17, 15) is 4.79 Å². The summed E-state index contributed by atoms with van der Waals surface area (Å²) in [4.78, 5) is 21.4. The lowest BCUT2D eigenvalue weighted by molar-refractivity contribution is -0.143. The molecule has 2 aromatic carbocycles. The molecule has 0 unspecified atom stereocenters. The predicted octanol–water partition coefficient (Wildman–Crippen LogP) is 3.80. The fourth-order valence-corrected chi connectivity index (χ4v) is 3.13. The molecular weight excluding hydrogens is 368 g/mol. The Morgan fingerprint density at radius 1 is 1.10 bits per heavy atom. The van der Waals surface area contributed by atoms with E-state index in [-0.39, 0.29) is 18.4 Å². The van der Waals surface area contributed by atoms with Crippen LogP contribution in [0.4, 0.5) is 11.5 Å². The Kier molecular flexibility index (Phi) is 5.07. The first-order chi connectivity index (χ1) is 14.0. The van der Waals surface area contributed by atoms with Crippen molar-refractivity contribution in [1.29, 1.82) is 0 Å². The monoisotopic (exact) mass is 390 g/mol. The van der Waals surface area contributed by atoms with Gasteiger partial charge in [-0.2, -0.15) is 0 Å². The fourth-order valence-electron chi connectivity index (χ4n) is 3.13. The molecule has 0 saturated carbocycles. The van der Waals surface area contributed by atoms with Crippen LogP contribution in [0.1, 0.15) is 32.4 Å². The first-order valence-electron chi connectivity index (χ1n) is 9.57. The number of para-hydroxylation sites is 2. The van der Waals surface area contributed by atoms with Crippen LogP contribution in [-0.4, -0.2) is 37.5 Å². The molecule has 0 amide bonds. The lowest BCUT2D eigenvalue weighted by Crippen LogP contribution is -2.14. The number of carbonyl (C=O) groups excluding carboxylic acids is 1. The zero-order valence-corrected chi connectivity index (χ0v) is 16.6. The predicted molar refractivity (Wildman–Crippen MR) is 111 cm³/mol. The van der Waals surface area contributed by atoms with Crippen molar-refractivity contribution in [2.75, 3.05) is 11.9 Å². The Bertz CT molecular complexity index is 1180. The van der Waals surface area contributed by atoms with Gasteiger partial charge in [0.2, 0.25) is 0 Å². The van der Waals surface area contributed by atoms with E-state index in [1.807, 2.05) is 42.5 Å². The number of nitrogens with zero attached hydrogens (tertiary/aromatic N) is 5. The van der Waals surface area contributed by atoms with Crippen molar-refractivity contribution in [3.63, 3.8) is 0 Å². The SMILES string of the molecule is CCOC(=O)Cn1nnc2ccc(Nc3nc4ccccc4nc3C(C)C)cc21. The van der Waals surface area contributed by atoms with Gasteiger partial charge in [-0.05, 0) is 43.2 Å². The van der Waals surface area contributed by atoms with E-state index in [0.29, 0.717) is 17.9 Å². The molecule has 1 N–H and O–H groups in total. The van der Waals surface area contributed by atoms with Gasteiger partial charge in [0.05, 0.1) is 28.9 Å². The summed E-state index contributed by atoms with van der Waals surface area (Å²) in [7, 11) is 0. The third kappa shape index (κ3) is 3.87. The average Bonchev–Trinajstić information content (AvgIpc) is 3.09. The maximum atomic E-state index is 11.8. The number of benzene rings is 2. The van der Waals surface area contributed by atoms with E-state index >= 15 is 0 Å². The van der Waals surface area contributed by atoms with Gasteiger partial charge in [0.25, 0.3) is 0 Å². The number of fused-ring (bicyclic) bond motifs is 2. The molecule has 4 aromatic rings. The van der Waals surface area contributed by atoms with E-state index in [1.165, 1.54) is 4.68 Å². The van der Waals surface area contributed by atoms with Crippen LogP contribution in [-0.2, 0) is 16.1 Å². The molecule has 0 aliphatic heterocycles. The third-order valence-electron chi connectivity index (χ3n) is 4.51. The topological polar surface area (TPSA) is 94.8 Å². The molecule has 0 saturated heterocycles. The quantitative estimate of drug-likeness (QED) is 0.500. The summed E-state index contributed by atoms with van der Waals surface area (Å²) in [5.74, 6) is 0.567. The number of nitrogens with one attached hydrogen (secondary N) is 1. The Hall–Kier alpha value is -3.55. The molecule has 0 atom stereocenters. The van der Waals surface area contributed by atoms with Crippen LogP contribution in [0.3, 0.4) is 0 Å². The second kappa shape index (κ2) is 7.83. The van der Waals surface area contributed by atoms with Gasteiger partial charge in [0.1, 0.15) is 12.1 Å². The van der Waals surface area contributed by atoms with Crippen molar-refractivity contribution in [3.8, 4) is 0 Å². The van der Waals surface area contributed by atoms with Gasteiger partial charge < -0.3 is 10.1 Å². The molecule has 0 aliphatic carbocycles. The molecule has 8 nitrogen and oxygen atoms in total. The van der Waals surface area contributed by atoms with Gasteiger partial charge in [0.15, 0.2) is 5.82 Å². The first-order valence-corrected chi connectivity index (χ1v) is 9.57. The van der Waals surface area contributed by atoms with Crippen LogP contribution in [0.15, 0.2) is 42.5 Å². The minimum atomic E-state index is -0.347. The number of ether oxygens (including phenoxy) is 1. The van der Waals surface area contributed by atoms with E-state index in [0.717, 1.165) is 27.9 Å². The molecule has 0 aliphatic rings. The van der Waals surface area contributed by atoms with Gasteiger partial charge in [-0.1, -0.05) is 31.2 Å². The van der Waals surface area contributed by atoms with Crippen molar-refractivity contribution in [3.05, 3.63) is 48.2 Å². The number of rotatable bonds is 6. The second-order valence-corrected chi connectivity index (χ2v) is 6.98. The van der Waals surface area contributed by atoms with E-state index in [2.05, 4.69) is 29.5 Å². The number of hydrogen-bond donors (Lipinski definition) is 1. The summed E-state index contributed by atoms with van der Waals surface area (Å²) < 4.78 is 6.55. The number of esters is 1. The van der Waals surface area contributed by atoms with Crippen LogP contribution in [0, 0.1) is 0 Å². The van der Waals surface area contributed by atoms with Gasteiger partial charge in [0, 0.05) is 5.69 Å². The number of carbonyl (C=O) groups is 1. The molecule has 0 spiro atoms. The second-order valence-electron chi connectivity index (χ2n) is 6.98. The average molecular weight is 390 g/mol. The summed E-state index contributed by atoms with van der Waals surface area (Å²) in [6, 6.07) is 13.5. The van der Waals surface area contributed by atoms with Crippen LogP contribution in [0.2, 0.25) is 0 Å². The molecule has 0 fully saturated rings. The molecule has 2 heterocycles. The zero-order chi connectivity index (χ0) is 20.4. The highest BCUT2D eigenvalue weighted by atomic mass is 16.5. The van der Waals surface area contributed by atoms with Crippen LogP contribution < -0.4 is 5.32 Å². The van der Waals surface area contributed by atoms with Gasteiger partial charge in [-0.3, -0.25) is 4.79 Å².